The number of carboxylic acid groups (broad SMARTS) is 1. The van der Waals surface area contributed by atoms with Gasteiger partial charge < -0.3 is 14.6 Å². The Bertz CT molecular complexity index is 434. The van der Waals surface area contributed by atoms with Crippen LogP contribution in [0.1, 0.15) is 33.0 Å². The fourth-order valence-corrected chi connectivity index (χ4v) is 2.48. The van der Waals surface area contributed by atoms with E-state index in [2.05, 4.69) is 36.0 Å². The van der Waals surface area contributed by atoms with E-state index in [0.717, 1.165) is 31.8 Å². The fourth-order valence-electron chi connectivity index (χ4n) is 1.77. The van der Waals surface area contributed by atoms with E-state index in [1.54, 1.807) is 0 Å². The number of carbonyl (C=O) groups is 1. The molecule has 1 rings (SSSR count). The van der Waals surface area contributed by atoms with E-state index in [1.807, 2.05) is 11.5 Å². The number of rotatable bonds is 9. The lowest BCUT2D eigenvalue weighted by molar-refractivity contribution is -0.133. The average molecular weight is 300 g/mol. The summed E-state index contributed by atoms with van der Waals surface area (Å²) in [5.41, 5.74) is 0. The zero-order valence-corrected chi connectivity index (χ0v) is 13.5. The maximum Gasteiger partial charge on any atom is 0.313 e. The van der Waals surface area contributed by atoms with Crippen molar-refractivity contribution in [3.05, 3.63) is 5.82 Å². The number of aryl methyl sites for hydroxylation is 1. The van der Waals surface area contributed by atoms with Crippen LogP contribution < -0.4 is 0 Å². The number of nitrogens with zero attached hydrogens (tertiary/aromatic N) is 4. The van der Waals surface area contributed by atoms with E-state index in [1.165, 1.54) is 11.8 Å². The van der Waals surface area contributed by atoms with Crippen LogP contribution in [-0.4, -0.2) is 56.1 Å². The molecule has 0 aliphatic heterocycles. The van der Waals surface area contributed by atoms with Gasteiger partial charge in [-0.3, -0.25) is 4.79 Å². The molecule has 0 aromatic carbocycles. The fraction of sp³-hybridized carbons (Fsp3) is 0.769. The molecule has 0 fully saturated rings. The van der Waals surface area contributed by atoms with Crippen molar-refractivity contribution in [3.63, 3.8) is 0 Å². The highest BCUT2D eigenvalue weighted by atomic mass is 32.2. The van der Waals surface area contributed by atoms with Crippen LogP contribution in [0.25, 0.3) is 0 Å². The number of aliphatic carboxylic acids is 1. The van der Waals surface area contributed by atoms with Crippen molar-refractivity contribution in [2.24, 2.45) is 0 Å². The van der Waals surface area contributed by atoms with Gasteiger partial charge in [-0.15, -0.1) is 10.2 Å². The number of hydrogen-bond donors (Lipinski definition) is 1. The second-order valence-corrected chi connectivity index (χ2v) is 5.96. The SMILES string of the molecule is CCc1nnc(SCC(=O)O)n1CCCN(C)C(C)C. The van der Waals surface area contributed by atoms with Crippen molar-refractivity contribution in [1.82, 2.24) is 19.7 Å². The molecule has 1 aromatic heterocycles. The normalized spacial score (nSPS) is 11.5. The molecule has 0 radical (unpaired) electrons. The molecule has 0 saturated carbocycles. The summed E-state index contributed by atoms with van der Waals surface area (Å²) >= 11 is 1.23. The van der Waals surface area contributed by atoms with Crippen molar-refractivity contribution in [2.45, 2.75) is 51.4 Å². The molecular formula is C13H24N4O2S. The van der Waals surface area contributed by atoms with Gasteiger partial charge in [0.25, 0.3) is 0 Å². The Morgan fingerprint density at radius 2 is 2.15 bits per heavy atom. The van der Waals surface area contributed by atoms with E-state index in [4.69, 9.17) is 5.11 Å². The summed E-state index contributed by atoms with van der Waals surface area (Å²) in [4.78, 5) is 12.9. The van der Waals surface area contributed by atoms with Crippen LogP contribution in [0.5, 0.6) is 0 Å². The molecule has 0 atom stereocenters. The minimum absolute atomic E-state index is 0.0216. The van der Waals surface area contributed by atoms with Gasteiger partial charge in [-0.1, -0.05) is 18.7 Å². The molecule has 20 heavy (non-hydrogen) atoms. The first-order chi connectivity index (χ1) is 9.45. The second kappa shape index (κ2) is 8.26. The monoisotopic (exact) mass is 300 g/mol. The highest BCUT2D eigenvalue weighted by molar-refractivity contribution is 7.99. The van der Waals surface area contributed by atoms with Gasteiger partial charge in [0.2, 0.25) is 0 Å². The molecule has 7 heteroatoms. The summed E-state index contributed by atoms with van der Waals surface area (Å²) in [6, 6.07) is 0.530. The Morgan fingerprint density at radius 3 is 2.70 bits per heavy atom. The van der Waals surface area contributed by atoms with Crippen LogP contribution in [0.4, 0.5) is 0 Å². The maximum atomic E-state index is 10.7. The highest BCUT2D eigenvalue weighted by Crippen LogP contribution is 2.17. The number of carboxylic acids is 1. The molecule has 6 nitrogen and oxygen atoms in total. The zero-order valence-electron chi connectivity index (χ0n) is 12.7. The van der Waals surface area contributed by atoms with E-state index in [9.17, 15) is 4.79 Å². The molecule has 0 aliphatic rings. The van der Waals surface area contributed by atoms with Crippen molar-refractivity contribution < 1.29 is 9.90 Å². The number of aromatic nitrogens is 3. The van der Waals surface area contributed by atoms with Gasteiger partial charge in [0, 0.05) is 19.0 Å². The van der Waals surface area contributed by atoms with Gasteiger partial charge in [-0.05, 0) is 33.9 Å². The molecule has 0 unspecified atom stereocenters. The first kappa shape index (κ1) is 17.0. The van der Waals surface area contributed by atoms with E-state index < -0.39 is 5.97 Å². The first-order valence-corrected chi connectivity index (χ1v) is 7.91. The van der Waals surface area contributed by atoms with Gasteiger partial charge in [0.1, 0.15) is 5.82 Å². The maximum absolute atomic E-state index is 10.7. The van der Waals surface area contributed by atoms with Gasteiger partial charge in [0.05, 0.1) is 5.75 Å². The lowest BCUT2D eigenvalue weighted by Crippen LogP contribution is -2.28. The third kappa shape index (κ3) is 5.13. The summed E-state index contributed by atoms with van der Waals surface area (Å²) in [5, 5.41) is 17.7. The van der Waals surface area contributed by atoms with E-state index in [-0.39, 0.29) is 5.75 Å². The largest absolute Gasteiger partial charge is 0.481 e. The quantitative estimate of drug-likeness (QED) is 0.701. The molecule has 114 valence electrons. The average Bonchev–Trinajstić information content (AvgIpc) is 2.78. The molecule has 0 bridgehead atoms. The Balaban J connectivity index is 2.61. The van der Waals surface area contributed by atoms with Crippen LogP contribution in [0.15, 0.2) is 5.16 Å². The minimum Gasteiger partial charge on any atom is -0.481 e. The van der Waals surface area contributed by atoms with Crippen LogP contribution in [0.2, 0.25) is 0 Å². The minimum atomic E-state index is -0.831. The lowest BCUT2D eigenvalue weighted by atomic mass is 10.3. The molecule has 1 aromatic rings. The summed E-state index contributed by atoms with van der Waals surface area (Å²) in [5.74, 6) is 0.112. The second-order valence-electron chi connectivity index (χ2n) is 5.01. The van der Waals surface area contributed by atoms with Gasteiger partial charge >= 0.3 is 5.97 Å². The summed E-state index contributed by atoms with van der Waals surface area (Å²) in [7, 11) is 2.11. The third-order valence-corrected chi connectivity index (χ3v) is 4.16. The van der Waals surface area contributed by atoms with Gasteiger partial charge in [-0.2, -0.15) is 0 Å². The van der Waals surface area contributed by atoms with Crippen molar-refractivity contribution in [1.29, 1.82) is 0 Å². The van der Waals surface area contributed by atoms with Crippen molar-refractivity contribution >= 4 is 17.7 Å². The predicted molar refractivity (Wildman–Crippen MR) is 80.1 cm³/mol. The standard InChI is InChI=1S/C13H24N4O2S/c1-5-11-14-15-13(20-9-12(18)19)17(11)8-6-7-16(4)10(2)3/h10H,5-9H2,1-4H3,(H,18,19). The third-order valence-electron chi connectivity index (χ3n) is 3.21. The Labute approximate surface area is 124 Å². The molecule has 0 spiro atoms. The molecular weight excluding hydrogens is 276 g/mol. The Kier molecular flexibility index (Phi) is 7.01. The van der Waals surface area contributed by atoms with E-state index in [0.29, 0.717) is 11.2 Å². The number of hydrogen-bond acceptors (Lipinski definition) is 5. The topological polar surface area (TPSA) is 71.2 Å². The molecule has 0 aliphatic carbocycles. The summed E-state index contributed by atoms with van der Waals surface area (Å²) < 4.78 is 2.04. The Morgan fingerprint density at radius 1 is 1.45 bits per heavy atom. The smallest absolute Gasteiger partial charge is 0.313 e. The van der Waals surface area contributed by atoms with E-state index >= 15 is 0 Å². The lowest BCUT2D eigenvalue weighted by Gasteiger charge is -2.21. The van der Waals surface area contributed by atoms with Gasteiger partial charge in [-0.25, -0.2) is 0 Å². The zero-order chi connectivity index (χ0) is 15.1. The molecule has 1 N–H and O–H groups in total. The van der Waals surface area contributed by atoms with Crippen LogP contribution in [0.3, 0.4) is 0 Å². The summed E-state index contributed by atoms with van der Waals surface area (Å²) in [6.07, 6.45) is 1.81. The Hall–Kier alpha value is -1.08. The molecule has 0 saturated heterocycles. The van der Waals surface area contributed by atoms with Crippen LogP contribution >= 0.6 is 11.8 Å². The highest BCUT2D eigenvalue weighted by Gasteiger charge is 2.13. The van der Waals surface area contributed by atoms with Crippen LogP contribution in [0, 0.1) is 0 Å². The number of thioether (sulfide) groups is 1. The van der Waals surface area contributed by atoms with Crippen LogP contribution in [-0.2, 0) is 17.8 Å². The van der Waals surface area contributed by atoms with Crippen molar-refractivity contribution in [2.75, 3.05) is 19.3 Å². The predicted octanol–water partition coefficient (Wildman–Crippen LogP) is 1.75. The first-order valence-electron chi connectivity index (χ1n) is 6.92. The summed E-state index contributed by atoms with van der Waals surface area (Å²) in [6.45, 7) is 8.21. The van der Waals surface area contributed by atoms with Gasteiger partial charge in [0.15, 0.2) is 5.16 Å². The molecule has 1 heterocycles. The van der Waals surface area contributed by atoms with Crippen molar-refractivity contribution in [3.8, 4) is 0 Å². The molecule has 0 amide bonds.